The quantitative estimate of drug-likeness (QED) is 0.178. The Morgan fingerprint density at radius 3 is 2.68 bits per heavy atom. The number of likely N-dealkylation sites (N-methyl/N-ethyl adjacent to an activating group) is 1. The first-order valence-corrected chi connectivity index (χ1v) is 18.3. The zero-order valence-corrected chi connectivity index (χ0v) is 27.8. The van der Waals surface area contributed by atoms with Gasteiger partial charge in [0.25, 0.3) is 5.91 Å². The van der Waals surface area contributed by atoms with Crippen LogP contribution in [0, 0.1) is 0 Å². The summed E-state index contributed by atoms with van der Waals surface area (Å²) in [4.78, 5) is 36.6. The maximum absolute atomic E-state index is 13.5. The van der Waals surface area contributed by atoms with Crippen LogP contribution in [0.4, 0.5) is 16.2 Å². The Hall–Kier alpha value is -2.73. The Morgan fingerprint density at radius 1 is 1.20 bits per heavy atom. The molecule has 1 aromatic carbocycles. The number of ether oxygens (including phenoxy) is 2. The second kappa shape index (κ2) is 14.4. The number of benzene rings is 1. The van der Waals surface area contributed by atoms with E-state index >= 15 is 0 Å². The van der Waals surface area contributed by atoms with Crippen LogP contribution in [0.1, 0.15) is 27.8 Å². The summed E-state index contributed by atoms with van der Waals surface area (Å²) in [6, 6.07) is 14.3. The molecule has 0 N–H and O–H groups in total. The highest BCUT2D eigenvalue weighted by Gasteiger charge is 2.27. The highest BCUT2D eigenvalue weighted by Crippen LogP contribution is 2.33. The molecule has 0 radical (unpaired) electrons. The molecule has 12 heteroatoms. The van der Waals surface area contributed by atoms with Gasteiger partial charge in [-0.1, -0.05) is 43.4 Å². The summed E-state index contributed by atoms with van der Waals surface area (Å²) in [5.41, 5.74) is 2.01. The van der Waals surface area contributed by atoms with Crippen molar-refractivity contribution in [3.05, 3.63) is 69.6 Å². The lowest BCUT2D eigenvalue weighted by molar-refractivity contribution is 0.0989. The molecule has 3 aromatic rings. The summed E-state index contributed by atoms with van der Waals surface area (Å²) in [5.74, 6) is 0.515. The van der Waals surface area contributed by atoms with Crippen molar-refractivity contribution in [1.29, 1.82) is 0 Å². The standard InChI is InChI=1S/C29H37ClN4O4SSi.H2S/c1-32-13-14-34(28(35)23-20-31-27(30)19-24(23)32)21-8-6-9-22(18-21)38-25(26-10-7-16-39-26)11-12-33(2)29(36)37-15-17-40(3,4)5;/h6-10,16,18-20,25H,11-15,17H2,1-5H3;1H2/t25-;/m0./s1. The molecule has 0 saturated carbocycles. The van der Waals surface area contributed by atoms with Gasteiger partial charge in [-0.2, -0.15) is 13.5 Å². The van der Waals surface area contributed by atoms with E-state index in [1.807, 2.05) is 53.7 Å². The smallest absolute Gasteiger partial charge is 0.409 e. The first kappa shape index (κ1) is 32.8. The van der Waals surface area contributed by atoms with E-state index in [2.05, 4.69) is 24.6 Å². The molecule has 41 heavy (non-hydrogen) atoms. The summed E-state index contributed by atoms with van der Waals surface area (Å²) in [6.45, 7) is 8.86. The van der Waals surface area contributed by atoms with Crippen LogP contribution in [0.3, 0.4) is 0 Å². The van der Waals surface area contributed by atoms with Gasteiger partial charge in [-0.25, -0.2) is 9.78 Å². The van der Waals surface area contributed by atoms with Gasteiger partial charge >= 0.3 is 6.09 Å². The van der Waals surface area contributed by atoms with Crippen molar-refractivity contribution >= 4 is 67.9 Å². The van der Waals surface area contributed by atoms with Crippen LogP contribution in [0.2, 0.25) is 30.8 Å². The number of fused-ring (bicyclic) bond motifs is 1. The molecule has 0 unspecified atom stereocenters. The number of hydrogen-bond donors (Lipinski definition) is 0. The van der Waals surface area contributed by atoms with Crippen LogP contribution in [-0.4, -0.2) is 70.3 Å². The fourth-order valence-electron chi connectivity index (χ4n) is 4.34. The van der Waals surface area contributed by atoms with Crippen molar-refractivity contribution in [2.45, 2.75) is 38.2 Å². The van der Waals surface area contributed by atoms with Gasteiger partial charge in [0.1, 0.15) is 17.0 Å². The van der Waals surface area contributed by atoms with Crippen molar-refractivity contribution in [3.8, 4) is 5.75 Å². The third kappa shape index (κ3) is 8.88. The Labute approximate surface area is 259 Å². The van der Waals surface area contributed by atoms with Crippen molar-refractivity contribution in [2.24, 2.45) is 0 Å². The van der Waals surface area contributed by atoms with Crippen LogP contribution in [0.5, 0.6) is 5.75 Å². The molecule has 2 amide bonds. The molecule has 0 fully saturated rings. The summed E-state index contributed by atoms with van der Waals surface area (Å²) in [7, 11) is 2.42. The number of anilines is 2. The van der Waals surface area contributed by atoms with Gasteiger partial charge in [0, 0.05) is 71.1 Å². The zero-order chi connectivity index (χ0) is 28.9. The van der Waals surface area contributed by atoms with Crippen LogP contribution in [0.15, 0.2) is 54.0 Å². The minimum atomic E-state index is -1.27. The molecule has 3 heterocycles. The third-order valence-corrected chi connectivity index (χ3v) is 9.65. The number of hydrogen-bond acceptors (Lipinski definition) is 7. The SMILES string of the molecule is CN(CC[C@H](Oc1cccc(N2CCN(C)c3cc(Cl)ncc3C2=O)c1)c1cccs1)C(=O)OCC[Si](C)(C)C.S. The van der Waals surface area contributed by atoms with E-state index < -0.39 is 8.07 Å². The lowest BCUT2D eigenvalue weighted by Crippen LogP contribution is -2.33. The van der Waals surface area contributed by atoms with Gasteiger partial charge in [0.15, 0.2) is 0 Å². The van der Waals surface area contributed by atoms with Gasteiger partial charge in [-0.3, -0.25) is 4.79 Å². The van der Waals surface area contributed by atoms with E-state index in [-0.39, 0.29) is 31.6 Å². The Balaban J connectivity index is 0.00000462. The van der Waals surface area contributed by atoms with Crippen molar-refractivity contribution in [2.75, 3.05) is 50.1 Å². The molecule has 0 aliphatic carbocycles. The first-order valence-electron chi connectivity index (χ1n) is 13.4. The fraction of sp³-hybridized carbons (Fsp3) is 0.414. The molecule has 1 atom stereocenters. The summed E-state index contributed by atoms with van der Waals surface area (Å²) < 4.78 is 12.0. The number of rotatable bonds is 10. The average molecular weight is 635 g/mol. The van der Waals surface area contributed by atoms with Gasteiger partial charge in [-0.15, -0.1) is 11.3 Å². The number of aromatic nitrogens is 1. The van der Waals surface area contributed by atoms with Gasteiger partial charge in [0.2, 0.25) is 0 Å². The van der Waals surface area contributed by atoms with Gasteiger partial charge in [-0.05, 0) is 35.7 Å². The topological polar surface area (TPSA) is 75.2 Å². The predicted molar refractivity (Wildman–Crippen MR) is 175 cm³/mol. The second-order valence-corrected chi connectivity index (χ2v) is 18.1. The van der Waals surface area contributed by atoms with Crippen LogP contribution >= 0.6 is 36.4 Å². The molecule has 1 aliphatic heterocycles. The summed E-state index contributed by atoms with van der Waals surface area (Å²) >= 11 is 7.72. The van der Waals surface area contributed by atoms with Crippen LogP contribution < -0.4 is 14.5 Å². The zero-order valence-electron chi connectivity index (χ0n) is 24.2. The van der Waals surface area contributed by atoms with Crippen molar-refractivity contribution in [1.82, 2.24) is 9.88 Å². The molecule has 8 nitrogen and oxygen atoms in total. The number of carbonyl (C=O) groups is 2. The maximum Gasteiger partial charge on any atom is 0.409 e. The number of nitrogens with zero attached hydrogens (tertiary/aromatic N) is 4. The number of halogens is 1. The molecule has 1 aliphatic rings. The first-order chi connectivity index (χ1) is 19.0. The molecular formula is C29H39ClN4O4S2Si. The third-order valence-electron chi connectivity index (χ3n) is 6.78. The molecule has 0 spiro atoms. The van der Waals surface area contributed by atoms with E-state index in [1.165, 1.54) is 6.20 Å². The number of thiophene rings is 1. The summed E-state index contributed by atoms with van der Waals surface area (Å²) in [6.07, 6.45) is 1.56. The molecular weight excluding hydrogens is 596 g/mol. The normalized spacial score (nSPS) is 14.0. The number of pyridine rings is 1. The van der Waals surface area contributed by atoms with E-state index in [0.717, 1.165) is 22.3 Å². The minimum Gasteiger partial charge on any atom is -0.485 e. The van der Waals surface area contributed by atoms with Crippen LogP contribution in [0.25, 0.3) is 0 Å². The second-order valence-electron chi connectivity index (χ2n) is 11.2. The van der Waals surface area contributed by atoms with E-state index in [9.17, 15) is 9.59 Å². The Bertz CT molecular complexity index is 1320. The lowest BCUT2D eigenvalue weighted by Gasteiger charge is -2.24. The number of amides is 2. The largest absolute Gasteiger partial charge is 0.485 e. The maximum atomic E-state index is 13.5. The molecule has 2 aromatic heterocycles. The molecule has 4 rings (SSSR count). The van der Waals surface area contributed by atoms with Crippen LogP contribution in [-0.2, 0) is 4.74 Å². The van der Waals surface area contributed by atoms with Crippen molar-refractivity contribution in [3.63, 3.8) is 0 Å². The van der Waals surface area contributed by atoms with Gasteiger partial charge < -0.3 is 24.2 Å². The van der Waals surface area contributed by atoms with E-state index in [1.54, 1.807) is 34.3 Å². The average Bonchev–Trinajstić information content (AvgIpc) is 3.41. The Kier molecular flexibility index (Phi) is 11.5. The predicted octanol–water partition coefficient (Wildman–Crippen LogP) is 6.92. The molecule has 0 saturated heterocycles. The minimum absolute atomic E-state index is 0. The number of carbonyl (C=O) groups excluding carboxylic acids is 2. The Morgan fingerprint density at radius 2 is 1.98 bits per heavy atom. The summed E-state index contributed by atoms with van der Waals surface area (Å²) in [5, 5.41) is 2.37. The lowest BCUT2D eigenvalue weighted by atomic mass is 10.2. The highest BCUT2D eigenvalue weighted by atomic mass is 35.5. The highest BCUT2D eigenvalue weighted by molar-refractivity contribution is 7.59. The van der Waals surface area contributed by atoms with E-state index in [4.69, 9.17) is 21.1 Å². The van der Waals surface area contributed by atoms with Crippen molar-refractivity contribution < 1.29 is 19.1 Å². The fourth-order valence-corrected chi connectivity index (χ4v) is 6.00. The molecule has 0 bridgehead atoms. The van der Waals surface area contributed by atoms with Gasteiger partial charge in [0.05, 0.1) is 17.9 Å². The molecule has 222 valence electrons. The monoisotopic (exact) mass is 634 g/mol. The van der Waals surface area contributed by atoms with E-state index in [0.29, 0.717) is 49.1 Å².